The number of hydrogen-bond donors (Lipinski definition) is 2. The summed E-state index contributed by atoms with van der Waals surface area (Å²) in [5.41, 5.74) is 0.836. The standard InChI is InChI=1S/C17H28N2O/c1-14-11-15(14)12-19(3)10-9-17(13-20,18-2)16-7-5-4-6-8-16/h4-8,14-15,18,20H,9-13H2,1-3H3. The molecule has 2 rings (SSSR count). The molecular weight excluding hydrogens is 248 g/mol. The molecule has 1 aromatic carbocycles. The van der Waals surface area contributed by atoms with Gasteiger partial charge in [0.2, 0.25) is 0 Å². The molecule has 20 heavy (non-hydrogen) atoms. The molecule has 2 N–H and O–H groups in total. The highest BCUT2D eigenvalue weighted by Gasteiger charge is 2.34. The van der Waals surface area contributed by atoms with Gasteiger partial charge in [0.15, 0.2) is 0 Å². The van der Waals surface area contributed by atoms with Gasteiger partial charge in [-0.1, -0.05) is 37.3 Å². The van der Waals surface area contributed by atoms with Crippen LogP contribution >= 0.6 is 0 Å². The van der Waals surface area contributed by atoms with E-state index >= 15 is 0 Å². The second-order valence-electron chi connectivity index (χ2n) is 6.34. The first-order chi connectivity index (χ1) is 9.61. The van der Waals surface area contributed by atoms with Crippen LogP contribution in [0.2, 0.25) is 0 Å². The molecule has 3 nitrogen and oxygen atoms in total. The predicted molar refractivity (Wildman–Crippen MR) is 83.7 cm³/mol. The van der Waals surface area contributed by atoms with Crippen LogP contribution < -0.4 is 5.32 Å². The molecule has 112 valence electrons. The molecule has 3 atom stereocenters. The van der Waals surface area contributed by atoms with Crippen LogP contribution in [0.1, 0.15) is 25.3 Å². The van der Waals surface area contributed by atoms with Crippen LogP contribution in [-0.2, 0) is 5.54 Å². The Balaban J connectivity index is 1.95. The summed E-state index contributed by atoms with van der Waals surface area (Å²) in [5.74, 6) is 1.79. The van der Waals surface area contributed by atoms with Gasteiger partial charge in [-0.2, -0.15) is 0 Å². The van der Waals surface area contributed by atoms with E-state index in [0.29, 0.717) is 0 Å². The highest BCUT2D eigenvalue weighted by Crippen LogP contribution is 2.38. The summed E-state index contributed by atoms with van der Waals surface area (Å²) in [5, 5.41) is 13.2. The van der Waals surface area contributed by atoms with E-state index in [9.17, 15) is 5.11 Å². The second-order valence-corrected chi connectivity index (χ2v) is 6.34. The minimum atomic E-state index is -0.329. The molecule has 0 aromatic heterocycles. The fourth-order valence-corrected chi connectivity index (χ4v) is 2.95. The lowest BCUT2D eigenvalue weighted by atomic mass is 9.87. The second kappa shape index (κ2) is 6.70. The third-order valence-electron chi connectivity index (χ3n) is 4.82. The Morgan fingerprint density at radius 1 is 1.35 bits per heavy atom. The lowest BCUT2D eigenvalue weighted by Gasteiger charge is -2.34. The molecule has 1 aliphatic carbocycles. The number of rotatable bonds is 8. The van der Waals surface area contributed by atoms with Crippen LogP contribution in [0.4, 0.5) is 0 Å². The van der Waals surface area contributed by atoms with Crippen molar-refractivity contribution in [3.8, 4) is 0 Å². The van der Waals surface area contributed by atoms with Crippen molar-refractivity contribution in [3.63, 3.8) is 0 Å². The van der Waals surface area contributed by atoms with Gasteiger partial charge in [-0.25, -0.2) is 0 Å². The Bertz CT molecular complexity index is 403. The molecule has 1 fully saturated rings. The molecule has 1 aromatic rings. The molecule has 0 radical (unpaired) electrons. The summed E-state index contributed by atoms with van der Waals surface area (Å²) in [7, 11) is 4.13. The molecule has 0 aliphatic heterocycles. The molecule has 1 aliphatic rings. The van der Waals surface area contributed by atoms with Crippen molar-refractivity contribution in [2.24, 2.45) is 11.8 Å². The maximum atomic E-state index is 9.90. The van der Waals surface area contributed by atoms with Gasteiger partial charge >= 0.3 is 0 Å². The lowest BCUT2D eigenvalue weighted by Crippen LogP contribution is -2.46. The predicted octanol–water partition coefficient (Wildman–Crippen LogP) is 2.07. The minimum Gasteiger partial charge on any atom is -0.394 e. The summed E-state index contributed by atoms with van der Waals surface area (Å²) in [6.07, 6.45) is 2.29. The third-order valence-corrected chi connectivity index (χ3v) is 4.82. The summed E-state index contributed by atoms with van der Waals surface area (Å²) in [6, 6.07) is 10.3. The largest absolute Gasteiger partial charge is 0.394 e. The number of nitrogens with one attached hydrogen (secondary N) is 1. The van der Waals surface area contributed by atoms with Gasteiger partial charge < -0.3 is 15.3 Å². The lowest BCUT2D eigenvalue weighted by molar-refractivity contribution is 0.143. The molecule has 3 heteroatoms. The van der Waals surface area contributed by atoms with Crippen molar-refractivity contribution in [3.05, 3.63) is 35.9 Å². The average Bonchev–Trinajstić information content (AvgIpc) is 3.17. The smallest absolute Gasteiger partial charge is 0.0678 e. The summed E-state index contributed by atoms with van der Waals surface area (Å²) in [4.78, 5) is 2.40. The Kier molecular flexibility index (Phi) is 5.19. The zero-order chi connectivity index (χ0) is 14.6. The first kappa shape index (κ1) is 15.5. The van der Waals surface area contributed by atoms with Crippen molar-refractivity contribution >= 4 is 0 Å². The quantitative estimate of drug-likeness (QED) is 0.763. The fourth-order valence-electron chi connectivity index (χ4n) is 2.95. The zero-order valence-electron chi connectivity index (χ0n) is 13.0. The SMILES string of the molecule is CNC(CO)(CCN(C)CC1CC1C)c1ccccc1. The summed E-state index contributed by atoms with van der Waals surface area (Å²) < 4.78 is 0. The molecule has 0 heterocycles. The first-order valence-corrected chi connectivity index (χ1v) is 7.65. The zero-order valence-corrected chi connectivity index (χ0v) is 13.0. The normalized spacial score (nSPS) is 24.6. The maximum absolute atomic E-state index is 9.90. The highest BCUT2D eigenvalue weighted by molar-refractivity contribution is 5.24. The topological polar surface area (TPSA) is 35.5 Å². The van der Waals surface area contributed by atoms with Crippen LogP contribution in [0.5, 0.6) is 0 Å². The first-order valence-electron chi connectivity index (χ1n) is 7.65. The van der Waals surface area contributed by atoms with E-state index in [0.717, 1.165) is 30.4 Å². The number of hydrogen-bond acceptors (Lipinski definition) is 3. The number of aliphatic hydroxyl groups is 1. The van der Waals surface area contributed by atoms with E-state index in [4.69, 9.17) is 0 Å². The highest BCUT2D eigenvalue weighted by atomic mass is 16.3. The molecule has 3 unspecified atom stereocenters. The van der Waals surface area contributed by atoms with E-state index in [1.165, 1.54) is 13.0 Å². The summed E-state index contributed by atoms with van der Waals surface area (Å²) >= 11 is 0. The van der Waals surface area contributed by atoms with Gasteiger partial charge in [-0.3, -0.25) is 0 Å². The molecular formula is C17H28N2O. The van der Waals surface area contributed by atoms with Crippen LogP contribution in [0.25, 0.3) is 0 Å². The van der Waals surface area contributed by atoms with Crippen molar-refractivity contribution in [1.82, 2.24) is 10.2 Å². The number of likely N-dealkylation sites (N-methyl/N-ethyl adjacent to an activating group) is 1. The van der Waals surface area contributed by atoms with Crippen LogP contribution in [0, 0.1) is 11.8 Å². The van der Waals surface area contributed by atoms with Gasteiger partial charge in [-0.15, -0.1) is 0 Å². The Morgan fingerprint density at radius 2 is 2.00 bits per heavy atom. The van der Waals surface area contributed by atoms with E-state index in [1.807, 2.05) is 25.2 Å². The van der Waals surface area contributed by atoms with Crippen molar-refractivity contribution in [1.29, 1.82) is 0 Å². The monoisotopic (exact) mass is 276 g/mol. The average molecular weight is 276 g/mol. The van der Waals surface area contributed by atoms with Gasteiger partial charge in [0.05, 0.1) is 12.1 Å². The molecule has 0 spiro atoms. The van der Waals surface area contributed by atoms with Crippen molar-refractivity contribution < 1.29 is 5.11 Å². The van der Waals surface area contributed by atoms with Crippen LogP contribution in [0.3, 0.4) is 0 Å². The van der Waals surface area contributed by atoms with Crippen LogP contribution in [0.15, 0.2) is 30.3 Å². The Morgan fingerprint density at radius 3 is 2.50 bits per heavy atom. The minimum absolute atomic E-state index is 0.126. The molecule has 0 bridgehead atoms. The Labute approximate surface area is 123 Å². The van der Waals surface area contributed by atoms with E-state index < -0.39 is 0 Å². The van der Waals surface area contributed by atoms with E-state index in [1.54, 1.807) is 0 Å². The van der Waals surface area contributed by atoms with E-state index in [-0.39, 0.29) is 12.1 Å². The summed E-state index contributed by atoms with van der Waals surface area (Å²) in [6.45, 7) is 4.63. The third kappa shape index (κ3) is 3.60. The van der Waals surface area contributed by atoms with Gasteiger partial charge in [0.25, 0.3) is 0 Å². The number of nitrogens with zero attached hydrogens (tertiary/aromatic N) is 1. The molecule has 1 saturated carbocycles. The molecule has 0 amide bonds. The number of aliphatic hydroxyl groups excluding tert-OH is 1. The van der Waals surface area contributed by atoms with Crippen LogP contribution in [-0.4, -0.2) is 43.8 Å². The number of benzene rings is 1. The van der Waals surface area contributed by atoms with Crippen molar-refractivity contribution in [2.75, 3.05) is 33.8 Å². The van der Waals surface area contributed by atoms with Crippen molar-refractivity contribution in [2.45, 2.75) is 25.3 Å². The molecule has 0 saturated heterocycles. The van der Waals surface area contributed by atoms with Gasteiger partial charge in [-0.05, 0) is 44.3 Å². The fraction of sp³-hybridized carbons (Fsp3) is 0.647. The van der Waals surface area contributed by atoms with Gasteiger partial charge in [0, 0.05) is 13.1 Å². The maximum Gasteiger partial charge on any atom is 0.0678 e. The van der Waals surface area contributed by atoms with E-state index in [2.05, 4.69) is 36.3 Å². The van der Waals surface area contributed by atoms with Gasteiger partial charge in [0.1, 0.15) is 0 Å². The Hall–Kier alpha value is -0.900.